The molecule has 0 aliphatic carbocycles. The maximum Gasteiger partial charge on any atom is 0.276 e. The van der Waals surface area contributed by atoms with Crippen LogP contribution in [0.2, 0.25) is 0 Å². The quantitative estimate of drug-likeness (QED) is 0.825. The molecule has 2 heterocycles. The van der Waals surface area contributed by atoms with Crippen molar-refractivity contribution in [2.24, 2.45) is 0 Å². The number of rotatable bonds is 7. The summed E-state index contributed by atoms with van der Waals surface area (Å²) in [6.45, 7) is 5.18. The highest BCUT2D eigenvalue weighted by Crippen LogP contribution is 2.09. The van der Waals surface area contributed by atoms with Crippen molar-refractivity contribution in [3.8, 4) is 0 Å². The molecule has 0 saturated carbocycles. The number of nitrogens with zero attached hydrogens (tertiary/aromatic N) is 4. The van der Waals surface area contributed by atoms with E-state index < -0.39 is 0 Å². The largest absolute Gasteiger partial charge is 0.395 e. The Labute approximate surface area is 123 Å². The van der Waals surface area contributed by atoms with Crippen LogP contribution in [0.5, 0.6) is 0 Å². The number of amides is 1. The van der Waals surface area contributed by atoms with Crippen LogP contribution in [0.1, 0.15) is 35.2 Å². The number of hydrogen-bond acceptors (Lipinski definition) is 5. The molecule has 7 heteroatoms. The summed E-state index contributed by atoms with van der Waals surface area (Å²) in [6.07, 6.45) is 4.47. The molecule has 2 aromatic heterocycles. The van der Waals surface area contributed by atoms with Gasteiger partial charge in [0.1, 0.15) is 6.54 Å². The van der Waals surface area contributed by atoms with Gasteiger partial charge in [0.25, 0.3) is 5.91 Å². The van der Waals surface area contributed by atoms with E-state index in [-0.39, 0.29) is 18.2 Å². The summed E-state index contributed by atoms with van der Waals surface area (Å²) in [6, 6.07) is 1.62. The first-order chi connectivity index (χ1) is 10.1. The molecule has 0 bridgehead atoms. The minimum absolute atomic E-state index is 0.0665. The van der Waals surface area contributed by atoms with Crippen molar-refractivity contribution < 1.29 is 14.4 Å². The topological polar surface area (TPSA) is 84.4 Å². The molecule has 0 fully saturated rings. The van der Waals surface area contributed by atoms with Gasteiger partial charge in [0.15, 0.2) is 11.5 Å². The molecule has 0 saturated heterocycles. The standard InChI is InChI=1S/C14H20N4O3/c1-3-4-17(5-6-19)14(20)13-7-12(21-16-13)10-18-9-11(2)8-15-18/h7-9,19H,3-6,10H2,1-2H3. The van der Waals surface area contributed by atoms with Crippen LogP contribution in [0.15, 0.2) is 23.0 Å². The second kappa shape index (κ2) is 7.03. The van der Waals surface area contributed by atoms with Gasteiger partial charge in [-0.25, -0.2) is 0 Å². The third kappa shape index (κ3) is 3.91. The molecule has 0 aromatic carbocycles. The average Bonchev–Trinajstić information content (AvgIpc) is 3.08. The highest BCUT2D eigenvalue weighted by molar-refractivity contribution is 5.92. The van der Waals surface area contributed by atoms with E-state index in [1.165, 1.54) is 0 Å². The van der Waals surface area contributed by atoms with Gasteiger partial charge in [0, 0.05) is 25.4 Å². The highest BCUT2D eigenvalue weighted by atomic mass is 16.5. The summed E-state index contributed by atoms with van der Waals surface area (Å²) in [5.74, 6) is 0.347. The van der Waals surface area contributed by atoms with E-state index in [2.05, 4.69) is 10.3 Å². The maximum atomic E-state index is 12.3. The van der Waals surface area contributed by atoms with Crippen LogP contribution in [-0.4, -0.2) is 50.5 Å². The monoisotopic (exact) mass is 292 g/mol. The zero-order valence-corrected chi connectivity index (χ0v) is 12.3. The molecule has 0 aliphatic heterocycles. The molecule has 0 atom stereocenters. The third-order valence-corrected chi connectivity index (χ3v) is 3.01. The van der Waals surface area contributed by atoms with E-state index >= 15 is 0 Å². The molecule has 2 rings (SSSR count). The van der Waals surface area contributed by atoms with Gasteiger partial charge in [-0.1, -0.05) is 12.1 Å². The van der Waals surface area contributed by atoms with Crippen LogP contribution >= 0.6 is 0 Å². The van der Waals surface area contributed by atoms with Crippen LogP contribution in [0.4, 0.5) is 0 Å². The molecular formula is C14H20N4O3. The molecule has 1 amide bonds. The van der Waals surface area contributed by atoms with Gasteiger partial charge < -0.3 is 14.5 Å². The Balaban J connectivity index is 2.05. The summed E-state index contributed by atoms with van der Waals surface area (Å²) in [5, 5.41) is 17.0. The molecule has 1 N–H and O–H groups in total. The highest BCUT2D eigenvalue weighted by Gasteiger charge is 2.19. The Morgan fingerprint density at radius 2 is 2.29 bits per heavy atom. The third-order valence-electron chi connectivity index (χ3n) is 3.01. The Kier molecular flexibility index (Phi) is 5.10. The predicted octanol–water partition coefficient (Wildman–Crippen LogP) is 1.07. The number of aliphatic hydroxyl groups excluding tert-OH is 1. The fraction of sp³-hybridized carbons (Fsp3) is 0.500. The molecule has 7 nitrogen and oxygen atoms in total. The number of carbonyl (C=O) groups is 1. The predicted molar refractivity (Wildman–Crippen MR) is 75.8 cm³/mol. The van der Waals surface area contributed by atoms with Crippen LogP contribution in [-0.2, 0) is 6.54 Å². The molecule has 0 radical (unpaired) electrons. The van der Waals surface area contributed by atoms with Gasteiger partial charge in [0.2, 0.25) is 0 Å². The SMILES string of the molecule is CCCN(CCO)C(=O)c1cc(Cn2cc(C)cn2)on1. The number of aliphatic hydroxyl groups is 1. The first-order valence-corrected chi connectivity index (χ1v) is 6.98. The van der Waals surface area contributed by atoms with Gasteiger partial charge >= 0.3 is 0 Å². The van der Waals surface area contributed by atoms with Crippen LogP contribution in [0.25, 0.3) is 0 Å². The molecular weight excluding hydrogens is 272 g/mol. The summed E-state index contributed by atoms with van der Waals surface area (Å²) in [5.41, 5.74) is 1.32. The number of aryl methyl sites for hydroxylation is 1. The zero-order valence-electron chi connectivity index (χ0n) is 12.3. The van der Waals surface area contributed by atoms with Crippen molar-refractivity contribution in [2.45, 2.75) is 26.8 Å². The molecule has 0 aliphatic rings. The first kappa shape index (κ1) is 15.2. The van der Waals surface area contributed by atoms with Crippen molar-refractivity contribution in [1.29, 1.82) is 0 Å². The van der Waals surface area contributed by atoms with E-state index in [4.69, 9.17) is 9.63 Å². The van der Waals surface area contributed by atoms with Crippen molar-refractivity contribution in [1.82, 2.24) is 19.8 Å². The van der Waals surface area contributed by atoms with Crippen LogP contribution < -0.4 is 0 Å². The summed E-state index contributed by atoms with van der Waals surface area (Å²) >= 11 is 0. The molecule has 0 unspecified atom stereocenters. The Morgan fingerprint density at radius 3 is 2.90 bits per heavy atom. The number of hydrogen-bond donors (Lipinski definition) is 1. The van der Waals surface area contributed by atoms with E-state index in [0.29, 0.717) is 25.4 Å². The smallest absolute Gasteiger partial charge is 0.276 e. The summed E-state index contributed by atoms with van der Waals surface area (Å²) < 4.78 is 6.91. The normalized spacial score (nSPS) is 10.8. The summed E-state index contributed by atoms with van der Waals surface area (Å²) in [7, 11) is 0. The zero-order chi connectivity index (χ0) is 15.2. The van der Waals surface area contributed by atoms with Crippen molar-refractivity contribution >= 4 is 5.91 Å². The van der Waals surface area contributed by atoms with Crippen molar-refractivity contribution in [2.75, 3.05) is 19.7 Å². The Hall–Kier alpha value is -2.15. The van der Waals surface area contributed by atoms with Gasteiger partial charge in [-0.15, -0.1) is 0 Å². The lowest BCUT2D eigenvalue weighted by Gasteiger charge is -2.19. The number of aromatic nitrogens is 3. The summed E-state index contributed by atoms with van der Waals surface area (Å²) in [4.78, 5) is 13.8. The maximum absolute atomic E-state index is 12.3. The van der Waals surface area contributed by atoms with Crippen molar-refractivity contribution in [3.05, 3.63) is 35.5 Å². The first-order valence-electron chi connectivity index (χ1n) is 6.98. The molecule has 114 valence electrons. The van der Waals surface area contributed by atoms with Crippen LogP contribution in [0, 0.1) is 6.92 Å². The second-order valence-corrected chi connectivity index (χ2v) is 4.91. The van der Waals surface area contributed by atoms with Gasteiger partial charge in [-0.05, 0) is 18.9 Å². The second-order valence-electron chi connectivity index (χ2n) is 4.91. The van der Waals surface area contributed by atoms with Crippen LogP contribution in [0.3, 0.4) is 0 Å². The van der Waals surface area contributed by atoms with Crippen molar-refractivity contribution in [3.63, 3.8) is 0 Å². The van der Waals surface area contributed by atoms with E-state index in [1.807, 2.05) is 20.0 Å². The van der Waals surface area contributed by atoms with Gasteiger partial charge in [0.05, 0.1) is 12.8 Å². The number of carbonyl (C=O) groups excluding carboxylic acids is 1. The Bertz CT molecular complexity index is 585. The minimum atomic E-state index is -0.224. The minimum Gasteiger partial charge on any atom is -0.395 e. The fourth-order valence-electron chi connectivity index (χ4n) is 2.07. The van der Waals surface area contributed by atoms with E-state index in [9.17, 15) is 4.79 Å². The molecule has 0 spiro atoms. The molecule has 2 aromatic rings. The average molecular weight is 292 g/mol. The van der Waals surface area contributed by atoms with Gasteiger partial charge in [-0.3, -0.25) is 9.48 Å². The lowest BCUT2D eigenvalue weighted by atomic mass is 10.3. The van der Waals surface area contributed by atoms with Gasteiger partial charge in [-0.2, -0.15) is 5.10 Å². The Morgan fingerprint density at radius 1 is 1.48 bits per heavy atom. The fourth-order valence-corrected chi connectivity index (χ4v) is 2.07. The molecule has 21 heavy (non-hydrogen) atoms. The van der Waals surface area contributed by atoms with E-state index in [1.54, 1.807) is 21.8 Å². The lowest BCUT2D eigenvalue weighted by molar-refractivity contribution is 0.0711. The van der Waals surface area contributed by atoms with E-state index in [0.717, 1.165) is 12.0 Å². The lowest BCUT2D eigenvalue weighted by Crippen LogP contribution is -2.34.